The summed E-state index contributed by atoms with van der Waals surface area (Å²) in [6.45, 7) is 10.1. The van der Waals surface area contributed by atoms with Crippen LogP contribution in [0, 0.1) is 17.3 Å². The second kappa shape index (κ2) is 8.37. The van der Waals surface area contributed by atoms with Gasteiger partial charge in [-0.1, -0.05) is 76.6 Å². The first-order chi connectivity index (χ1) is 14.6. The van der Waals surface area contributed by atoms with Crippen molar-refractivity contribution in [3.63, 3.8) is 0 Å². The minimum Gasteiger partial charge on any atom is -0.207 e. The summed E-state index contributed by atoms with van der Waals surface area (Å²) in [6.07, 6.45) is 5.47. The van der Waals surface area contributed by atoms with Gasteiger partial charge in [0, 0.05) is 13.1 Å². The number of nitrogens with zero attached hydrogens (tertiary/aromatic N) is 1. The van der Waals surface area contributed by atoms with Crippen molar-refractivity contribution in [3.8, 4) is 0 Å². The smallest absolute Gasteiger partial charge is 0.207 e. The van der Waals surface area contributed by atoms with Crippen LogP contribution in [0.2, 0.25) is 0 Å². The van der Waals surface area contributed by atoms with Crippen LogP contribution in [0.4, 0.5) is 0 Å². The van der Waals surface area contributed by atoms with Gasteiger partial charge in [0.2, 0.25) is 10.0 Å². The molecule has 1 aliphatic heterocycles. The lowest BCUT2D eigenvalue weighted by Crippen LogP contribution is -2.53. The van der Waals surface area contributed by atoms with E-state index in [1.165, 1.54) is 18.4 Å². The van der Waals surface area contributed by atoms with Crippen LogP contribution in [0.3, 0.4) is 0 Å². The summed E-state index contributed by atoms with van der Waals surface area (Å²) in [5.41, 5.74) is 2.55. The topological polar surface area (TPSA) is 37.4 Å². The Bertz CT molecular complexity index is 992. The van der Waals surface area contributed by atoms with E-state index in [1.54, 1.807) is 16.4 Å². The van der Waals surface area contributed by atoms with Gasteiger partial charge in [-0.15, -0.1) is 0 Å². The minimum atomic E-state index is -3.49. The van der Waals surface area contributed by atoms with Gasteiger partial charge in [-0.05, 0) is 71.6 Å². The molecule has 1 saturated heterocycles. The van der Waals surface area contributed by atoms with Crippen molar-refractivity contribution in [1.29, 1.82) is 0 Å². The Labute approximate surface area is 188 Å². The summed E-state index contributed by atoms with van der Waals surface area (Å²) in [6, 6.07) is 18.2. The monoisotopic (exact) mass is 439 g/mol. The molecule has 0 radical (unpaired) electrons. The van der Waals surface area contributed by atoms with Gasteiger partial charge in [0.15, 0.2) is 0 Å². The average molecular weight is 440 g/mol. The van der Waals surface area contributed by atoms with Crippen LogP contribution in [-0.4, -0.2) is 25.8 Å². The fourth-order valence-electron chi connectivity index (χ4n) is 5.73. The van der Waals surface area contributed by atoms with Crippen molar-refractivity contribution in [2.75, 3.05) is 13.1 Å². The fourth-order valence-corrected chi connectivity index (χ4v) is 7.28. The Balaban J connectivity index is 1.62. The van der Waals surface area contributed by atoms with Crippen molar-refractivity contribution in [2.24, 2.45) is 17.3 Å². The number of hydrogen-bond donors (Lipinski definition) is 0. The van der Waals surface area contributed by atoms with Gasteiger partial charge in [0.05, 0.1) is 4.90 Å². The van der Waals surface area contributed by atoms with Gasteiger partial charge in [0.25, 0.3) is 0 Å². The van der Waals surface area contributed by atoms with E-state index in [2.05, 4.69) is 58.0 Å². The van der Waals surface area contributed by atoms with Crippen molar-refractivity contribution in [2.45, 2.75) is 70.1 Å². The van der Waals surface area contributed by atoms with Crippen LogP contribution in [0.1, 0.15) is 64.5 Å². The molecule has 2 fully saturated rings. The summed E-state index contributed by atoms with van der Waals surface area (Å²) in [7, 11) is -3.49. The first-order valence-electron chi connectivity index (χ1n) is 11.7. The second-order valence-electron chi connectivity index (χ2n) is 11.0. The Kier molecular flexibility index (Phi) is 6.08. The molecule has 0 unspecified atom stereocenters. The van der Waals surface area contributed by atoms with Crippen molar-refractivity contribution < 1.29 is 8.42 Å². The molecule has 4 heteroatoms. The molecule has 0 amide bonds. The molecular weight excluding hydrogens is 402 g/mol. The molecule has 2 aromatic carbocycles. The van der Waals surface area contributed by atoms with E-state index in [9.17, 15) is 8.42 Å². The molecule has 0 bridgehead atoms. The van der Waals surface area contributed by atoms with Gasteiger partial charge >= 0.3 is 0 Å². The van der Waals surface area contributed by atoms with Crippen molar-refractivity contribution in [3.05, 3.63) is 65.7 Å². The summed E-state index contributed by atoms with van der Waals surface area (Å²) in [5.74, 6) is 1.34. The average Bonchev–Trinajstić information content (AvgIpc) is 2.74. The van der Waals surface area contributed by atoms with Gasteiger partial charge < -0.3 is 0 Å². The molecule has 0 aromatic heterocycles. The highest BCUT2D eigenvalue weighted by Gasteiger charge is 2.48. The van der Waals surface area contributed by atoms with E-state index in [-0.39, 0.29) is 10.8 Å². The Morgan fingerprint density at radius 3 is 2.32 bits per heavy atom. The maximum absolute atomic E-state index is 13.6. The van der Waals surface area contributed by atoms with Crippen LogP contribution < -0.4 is 0 Å². The molecular formula is C27H37NO2S. The van der Waals surface area contributed by atoms with Crippen LogP contribution in [-0.2, 0) is 21.9 Å². The third-order valence-electron chi connectivity index (χ3n) is 7.66. The van der Waals surface area contributed by atoms with Crippen molar-refractivity contribution >= 4 is 10.0 Å². The molecule has 2 aromatic rings. The summed E-state index contributed by atoms with van der Waals surface area (Å²) >= 11 is 0. The lowest BCUT2D eigenvalue weighted by Gasteiger charge is -2.52. The zero-order chi connectivity index (χ0) is 22.3. The minimum absolute atomic E-state index is 0.0131. The largest absolute Gasteiger partial charge is 0.243 e. The van der Waals surface area contributed by atoms with E-state index in [4.69, 9.17) is 0 Å². The van der Waals surface area contributed by atoms with Crippen LogP contribution in [0.5, 0.6) is 0 Å². The van der Waals surface area contributed by atoms with Gasteiger partial charge in [0.1, 0.15) is 0 Å². The highest BCUT2D eigenvalue weighted by Crippen LogP contribution is 2.50. The molecule has 0 spiro atoms. The molecule has 168 valence electrons. The number of fused-ring (bicyclic) bond motifs is 1. The van der Waals surface area contributed by atoms with E-state index < -0.39 is 10.0 Å². The van der Waals surface area contributed by atoms with E-state index >= 15 is 0 Å². The quantitative estimate of drug-likeness (QED) is 0.582. The number of rotatable bonds is 4. The molecule has 2 aliphatic rings. The van der Waals surface area contributed by atoms with E-state index in [0.29, 0.717) is 23.9 Å². The molecule has 4 rings (SSSR count). The number of hydrogen-bond acceptors (Lipinski definition) is 2. The lowest BCUT2D eigenvalue weighted by molar-refractivity contribution is 0.00776. The highest BCUT2D eigenvalue weighted by molar-refractivity contribution is 7.89. The van der Waals surface area contributed by atoms with Crippen LogP contribution >= 0.6 is 0 Å². The van der Waals surface area contributed by atoms with Gasteiger partial charge in [-0.25, -0.2) is 8.42 Å². The van der Waals surface area contributed by atoms with Crippen LogP contribution in [0.15, 0.2) is 59.5 Å². The molecule has 3 atom stereocenters. The molecule has 0 N–H and O–H groups in total. The molecule has 1 saturated carbocycles. The number of benzene rings is 2. The Morgan fingerprint density at radius 2 is 1.68 bits per heavy atom. The molecule has 1 heterocycles. The number of sulfonamides is 1. The summed E-state index contributed by atoms with van der Waals surface area (Å²) in [4.78, 5) is 0.429. The van der Waals surface area contributed by atoms with Crippen LogP contribution in [0.25, 0.3) is 0 Å². The summed E-state index contributed by atoms with van der Waals surface area (Å²) < 4.78 is 29.0. The number of piperidine rings is 1. The Hall–Kier alpha value is -1.65. The second-order valence-corrected chi connectivity index (χ2v) is 12.9. The SMILES string of the molecule is C[C@@H]1CC[C@]2(Cc3ccccc3)CN(S(=O)(=O)c3ccc(C(C)(C)C)cc3)CC[C@H]2C1. The maximum Gasteiger partial charge on any atom is 0.243 e. The standard InChI is InChI=1S/C27H37NO2S/c1-21-14-16-27(19-22-8-6-5-7-9-22)20-28(17-15-24(27)18-21)31(29,30)25-12-10-23(11-13-25)26(2,3)4/h5-13,21,24H,14-20H2,1-4H3/t21-,24+,27+/m1/s1. The molecule has 31 heavy (non-hydrogen) atoms. The summed E-state index contributed by atoms with van der Waals surface area (Å²) in [5, 5.41) is 0. The third kappa shape index (κ3) is 4.61. The predicted molar refractivity (Wildman–Crippen MR) is 128 cm³/mol. The highest BCUT2D eigenvalue weighted by atomic mass is 32.2. The third-order valence-corrected chi connectivity index (χ3v) is 9.52. The predicted octanol–water partition coefficient (Wildman–Crippen LogP) is 6.04. The fraction of sp³-hybridized carbons (Fsp3) is 0.556. The lowest BCUT2D eigenvalue weighted by atomic mass is 9.59. The zero-order valence-electron chi connectivity index (χ0n) is 19.5. The first kappa shape index (κ1) is 22.5. The van der Waals surface area contributed by atoms with Crippen molar-refractivity contribution in [1.82, 2.24) is 4.31 Å². The molecule has 3 nitrogen and oxygen atoms in total. The zero-order valence-corrected chi connectivity index (χ0v) is 20.3. The normalized spacial score (nSPS) is 27.6. The maximum atomic E-state index is 13.6. The van der Waals surface area contributed by atoms with E-state index in [1.807, 2.05) is 12.1 Å². The van der Waals surface area contributed by atoms with Gasteiger partial charge in [-0.2, -0.15) is 4.31 Å². The Morgan fingerprint density at radius 1 is 1.00 bits per heavy atom. The van der Waals surface area contributed by atoms with Gasteiger partial charge in [-0.3, -0.25) is 0 Å². The first-order valence-corrected chi connectivity index (χ1v) is 13.2. The molecule has 1 aliphatic carbocycles. The van der Waals surface area contributed by atoms with E-state index in [0.717, 1.165) is 30.7 Å².